The van der Waals surface area contributed by atoms with Crippen molar-refractivity contribution >= 4 is 28.8 Å². The van der Waals surface area contributed by atoms with Crippen molar-refractivity contribution in [2.75, 3.05) is 0 Å². The first-order valence-corrected chi connectivity index (χ1v) is 15.7. The Bertz CT molecular complexity index is 1970. The normalized spacial score (nSPS) is 17.1. The summed E-state index contributed by atoms with van der Waals surface area (Å²) in [5, 5.41) is 2.19. The predicted molar refractivity (Wildman–Crippen MR) is 180 cm³/mol. The van der Waals surface area contributed by atoms with E-state index in [2.05, 4.69) is 67.6 Å². The minimum atomic E-state index is -0.389. The molecule has 5 aromatic carbocycles. The molecule has 222 valence electrons. The molecule has 0 aliphatic heterocycles. The maximum absolute atomic E-state index is 13.3. The number of carbonyl (C=O) groups excluding carboxylic acids is 2. The second kappa shape index (κ2) is 12.4. The summed E-state index contributed by atoms with van der Waals surface area (Å²) in [6.45, 7) is 2.10. The Kier molecular flexibility index (Phi) is 7.87. The smallest absolute Gasteiger partial charge is 0.343 e. The van der Waals surface area contributed by atoms with Crippen LogP contribution in [0.5, 0.6) is 5.75 Å². The lowest BCUT2D eigenvalue weighted by Gasteiger charge is -2.25. The van der Waals surface area contributed by atoms with Gasteiger partial charge in [-0.3, -0.25) is 0 Å². The first-order chi connectivity index (χ1) is 22.1. The van der Waals surface area contributed by atoms with Gasteiger partial charge in [-0.15, -0.1) is 0 Å². The Morgan fingerprint density at radius 2 is 1.36 bits per heavy atom. The van der Waals surface area contributed by atoms with Gasteiger partial charge in [0.2, 0.25) is 0 Å². The lowest BCUT2D eigenvalue weighted by atomic mass is 9.80. The molecule has 0 bridgehead atoms. The van der Waals surface area contributed by atoms with Crippen LogP contribution in [-0.2, 0) is 11.2 Å². The topological polar surface area (TPSA) is 52.6 Å². The summed E-state index contributed by atoms with van der Waals surface area (Å²) in [4.78, 5) is 26.5. The minimum Gasteiger partial charge on any atom is -0.458 e. The molecule has 0 spiro atoms. The van der Waals surface area contributed by atoms with Crippen LogP contribution in [0.2, 0.25) is 0 Å². The molecule has 2 aliphatic carbocycles. The number of allylic oxidation sites excluding steroid dienone is 2. The van der Waals surface area contributed by atoms with E-state index < -0.39 is 0 Å². The highest BCUT2D eigenvalue weighted by molar-refractivity contribution is 6.11. The van der Waals surface area contributed by atoms with E-state index in [4.69, 9.17) is 9.47 Å². The number of esters is 2. The molecule has 7 rings (SSSR count). The van der Waals surface area contributed by atoms with Gasteiger partial charge in [-0.1, -0.05) is 98.0 Å². The van der Waals surface area contributed by atoms with Crippen LogP contribution in [0, 0.1) is 5.92 Å². The number of ether oxygens (including phenoxy) is 2. The summed E-state index contributed by atoms with van der Waals surface area (Å²) in [5.41, 5.74) is 7.60. The Morgan fingerprint density at radius 3 is 2.09 bits per heavy atom. The molecule has 2 atom stereocenters. The zero-order valence-electron chi connectivity index (χ0n) is 25.2. The summed E-state index contributed by atoms with van der Waals surface area (Å²) >= 11 is 0. The highest BCUT2D eigenvalue weighted by atomic mass is 16.5. The summed E-state index contributed by atoms with van der Waals surface area (Å²) in [5.74, 6) is 0.0493. The monoisotopic (exact) mass is 590 g/mol. The maximum atomic E-state index is 13.3. The molecule has 4 nitrogen and oxygen atoms in total. The molecule has 45 heavy (non-hydrogen) atoms. The van der Waals surface area contributed by atoms with Gasteiger partial charge in [-0.2, -0.15) is 0 Å². The van der Waals surface area contributed by atoms with E-state index in [-0.39, 0.29) is 24.0 Å². The van der Waals surface area contributed by atoms with Crippen molar-refractivity contribution in [1.29, 1.82) is 0 Å². The van der Waals surface area contributed by atoms with Crippen molar-refractivity contribution in [1.82, 2.24) is 0 Å². The van der Waals surface area contributed by atoms with Crippen LogP contribution < -0.4 is 4.74 Å². The zero-order valence-corrected chi connectivity index (χ0v) is 25.2. The first kappa shape index (κ1) is 28.5. The van der Waals surface area contributed by atoms with Crippen LogP contribution in [0.25, 0.3) is 39.1 Å². The highest BCUT2D eigenvalue weighted by Crippen LogP contribution is 2.45. The number of hydrogen-bond acceptors (Lipinski definition) is 4. The molecule has 0 amide bonds. The summed E-state index contributed by atoms with van der Waals surface area (Å²) < 4.78 is 11.6. The van der Waals surface area contributed by atoms with Crippen molar-refractivity contribution in [3.05, 3.63) is 144 Å². The number of hydrogen-bond donors (Lipinski definition) is 0. The third kappa shape index (κ3) is 5.72. The Morgan fingerprint density at radius 1 is 0.689 bits per heavy atom. The molecule has 0 radical (unpaired) electrons. The van der Waals surface area contributed by atoms with Gasteiger partial charge in [0.05, 0.1) is 11.1 Å². The Hall–Kier alpha value is -5.22. The van der Waals surface area contributed by atoms with Crippen molar-refractivity contribution in [3.63, 3.8) is 0 Å². The van der Waals surface area contributed by atoms with E-state index in [0.29, 0.717) is 16.9 Å². The number of rotatable bonds is 6. The summed E-state index contributed by atoms with van der Waals surface area (Å²) in [6.07, 6.45) is 12.2. The molecule has 0 saturated carbocycles. The van der Waals surface area contributed by atoms with E-state index in [9.17, 15) is 9.59 Å². The van der Waals surface area contributed by atoms with E-state index in [1.807, 2.05) is 48.5 Å². The molecular weight excluding hydrogens is 556 g/mol. The molecule has 4 heteroatoms. The van der Waals surface area contributed by atoms with Gasteiger partial charge >= 0.3 is 11.9 Å². The minimum absolute atomic E-state index is 0.109. The molecular formula is C41H34O4. The Labute approximate surface area is 263 Å². The average Bonchev–Trinajstić information content (AvgIpc) is 3.08. The van der Waals surface area contributed by atoms with Crippen LogP contribution in [0.3, 0.4) is 0 Å². The number of fused-ring (bicyclic) bond motifs is 2. The SMILES string of the molecule is CC1C=CCCC1OC(=O)c1cccc(-c2c3c(c(-c4cccc(C(=O)Oc5ccccc5)c4)c4ccccc24)CCC=C3)c1. The van der Waals surface area contributed by atoms with Gasteiger partial charge in [-0.05, 0) is 106 Å². The van der Waals surface area contributed by atoms with E-state index >= 15 is 0 Å². The van der Waals surface area contributed by atoms with Crippen LogP contribution in [0.15, 0.2) is 121 Å². The second-order valence-corrected chi connectivity index (χ2v) is 11.8. The molecule has 0 N–H and O–H groups in total. The summed E-state index contributed by atoms with van der Waals surface area (Å²) in [7, 11) is 0. The fourth-order valence-electron chi connectivity index (χ4n) is 6.61. The first-order valence-electron chi connectivity index (χ1n) is 15.7. The van der Waals surface area contributed by atoms with Crippen LogP contribution in [0.1, 0.15) is 58.0 Å². The van der Waals surface area contributed by atoms with Gasteiger partial charge in [0, 0.05) is 5.92 Å². The van der Waals surface area contributed by atoms with Crippen molar-refractivity contribution < 1.29 is 19.1 Å². The molecule has 0 aromatic heterocycles. The van der Waals surface area contributed by atoms with Crippen LogP contribution in [-0.4, -0.2) is 18.0 Å². The van der Waals surface area contributed by atoms with E-state index in [0.717, 1.165) is 64.3 Å². The van der Waals surface area contributed by atoms with E-state index in [1.165, 1.54) is 5.56 Å². The number of carbonyl (C=O) groups is 2. The Balaban J connectivity index is 1.32. The quantitative estimate of drug-likeness (QED) is 0.112. The van der Waals surface area contributed by atoms with Crippen LogP contribution >= 0.6 is 0 Å². The third-order valence-corrected chi connectivity index (χ3v) is 8.84. The third-order valence-electron chi connectivity index (χ3n) is 8.84. The molecule has 0 heterocycles. The van der Waals surface area contributed by atoms with Gasteiger partial charge in [0.15, 0.2) is 0 Å². The van der Waals surface area contributed by atoms with Crippen molar-refractivity contribution in [2.45, 2.75) is 38.7 Å². The lowest BCUT2D eigenvalue weighted by molar-refractivity contribution is 0.0181. The summed E-state index contributed by atoms with van der Waals surface area (Å²) in [6, 6.07) is 33.1. The second-order valence-electron chi connectivity index (χ2n) is 11.8. The van der Waals surface area contributed by atoms with Gasteiger partial charge in [0.25, 0.3) is 0 Å². The van der Waals surface area contributed by atoms with E-state index in [1.54, 1.807) is 18.2 Å². The standard InChI is InChI=1S/C41H34O4/c1-27-13-5-10-24-37(27)45-41(43)31-17-12-15-29(26-31)39-35-22-8-6-20-33(35)38(34-21-7-9-23-36(34)39)28-14-11-16-30(25-28)40(42)44-32-18-3-2-4-19-32/h2-6,8-9,11-20,22-23,25-27,37H,7,10,21,24H2,1H3. The van der Waals surface area contributed by atoms with Gasteiger partial charge < -0.3 is 9.47 Å². The fraction of sp³-hybridized carbons (Fsp3) is 0.171. The molecule has 0 fully saturated rings. The van der Waals surface area contributed by atoms with Gasteiger partial charge in [-0.25, -0.2) is 9.59 Å². The molecule has 2 aliphatic rings. The average molecular weight is 591 g/mol. The molecule has 0 saturated heterocycles. The van der Waals surface area contributed by atoms with Crippen molar-refractivity contribution in [2.24, 2.45) is 5.92 Å². The van der Waals surface area contributed by atoms with Crippen LogP contribution in [0.4, 0.5) is 0 Å². The zero-order chi connectivity index (χ0) is 30.8. The van der Waals surface area contributed by atoms with Crippen molar-refractivity contribution in [3.8, 4) is 28.0 Å². The lowest BCUT2D eigenvalue weighted by Crippen LogP contribution is -2.26. The predicted octanol–water partition coefficient (Wildman–Crippen LogP) is 9.86. The molecule has 2 unspecified atom stereocenters. The maximum Gasteiger partial charge on any atom is 0.343 e. The number of benzene rings is 5. The van der Waals surface area contributed by atoms with Gasteiger partial charge in [0.1, 0.15) is 11.9 Å². The fourth-order valence-corrected chi connectivity index (χ4v) is 6.61. The highest BCUT2D eigenvalue weighted by Gasteiger charge is 2.25. The molecule has 5 aromatic rings. The number of para-hydroxylation sites is 1. The largest absolute Gasteiger partial charge is 0.458 e.